The first-order chi connectivity index (χ1) is 38.7. The van der Waals surface area contributed by atoms with E-state index >= 15 is 0 Å². The van der Waals surface area contributed by atoms with E-state index in [0.717, 1.165) is 93.9 Å². The van der Waals surface area contributed by atoms with Crippen molar-refractivity contribution in [1.82, 2.24) is 19.9 Å². The van der Waals surface area contributed by atoms with Gasteiger partial charge in [0.1, 0.15) is 0 Å². The number of nitrogens with zero attached hydrogens (tertiary/aromatic N) is 4. The number of rotatable bonds is 7. The quantitative estimate of drug-likeness (QED) is 0.149. The van der Waals surface area contributed by atoms with Gasteiger partial charge in [-0.05, 0) is 142 Å². The van der Waals surface area contributed by atoms with Crippen LogP contribution in [0.5, 0.6) is 0 Å². The number of fused-ring (bicyclic) bond motifs is 10. The molecule has 0 bridgehead atoms. The van der Waals surface area contributed by atoms with Gasteiger partial charge in [0, 0.05) is 45.1 Å². The molecule has 360 valence electrons. The van der Waals surface area contributed by atoms with E-state index in [1.165, 1.54) is 71.6 Å². The second kappa shape index (κ2) is 17.6. The summed E-state index contributed by atoms with van der Waals surface area (Å²) in [5.41, 5.74) is 24.5. The van der Waals surface area contributed by atoms with Gasteiger partial charge in [-0.1, -0.05) is 212 Å². The summed E-state index contributed by atoms with van der Waals surface area (Å²) in [7, 11) is 0. The summed E-state index contributed by atoms with van der Waals surface area (Å²) >= 11 is 0. The number of aromatic nitrogens is 4. The van der Waals surface area contributed by atoms with Gasteiger partial charge in [-0.3, -0.25) is 9.97 Å². The van der Waals surface area contributed by atoms with Crippen LogP contribution < -0.4 is 0 Å². The molecule has 0 saturated carbocycles. The second-order valence-corrected chi connectivity index (χ2v) is 20.4. The zero-order chi connectivity index (χ0) is 51.3. The van der Waals surface area contributed by atoms with Gasteiger partial charge in [0.05, 0.1) is 33.5 Å². The van der Waals surface area contributed by atoms with Gasteiger partial charge in [0.15, 0.2) is 0 Å². The molecule has 1 aliphatic carbocycles. The van der Waals surface area contributed by atoms with Crippen molar-refractivity contribution >= 4 is 65.2 Å². The summed E-state index contributed by atoms with van der Waals surface area (Å²) in [5.74, 6) is 0. The summed E-state index contributed by atoms with van der Waals surface area (Å²) in [4.78, 5) is 19.8. The average Bonchev–Trinajstić information content (AvgIpc) is 4.02. The van der Waals surface area contributed by atoms with Crippen molar-refractivity contribution in [2.24, 2.45) is 0 Å². The van der Waals surface area contributed by atoms with Gasteiger partial charge in [0.25, 0.3) is 0 Å². The van der Waals surface area contributed by atoms with E-state index in [1.807, 2.05) is 24.5 Å². The molecule has 0 aliphatic heterocycles. The second-order valence-electron chi connectivity index (χ2n) is 20.4. The van der Waals surface area contributed by atoms with Crippen molar-refractivity contribution < 1.29 is 0 Å². The number of benzene rings is 11. The van der Waals surface area contributed by atoms with Crippen LogP contribution in [0.25, 0.3) is 166 Å². The van der Waals surface area contributed by atoms with Crippen molar-refractivity contribution in [3.63, 3.8) is 0 Å². The molecule has 4 nitrogen and oxygen atoms in total. The SMILES string of the molecule is c1ccc(-c2c3c(c(-c4ccccc4)c4ccccc24)-c2ccc(-c4cc(-c5ccc(-c6ccc7ccc8cccnc8c7n6)cc5)cc(-c5ccc(-c6ccc7ccc8cccnc8c7n6)cc5)c4)c4cccc-3c24)cc1. The minimum absolute atomic E-state index is 0.911. The smallest absolute Gasteiger partial charge is 0.0972 e. The Labute approximate surface area is 450 Å². The molecule has 78 heavy (non-hydrogen) atoms. The third-order valence-electron chi connectivity index (χ3n) is 16.1. The normalized spacial score (nSPS) is 11.8. The lowest BCUT2D eigenvalue weighted by Gasteiger charge is -2.20. The Morgan fingerprint density at radius 3 is 1.14 bits per heavy atom. The lowest BCUT2D eigenvalue weighted by molar-refractivity contribution is 1.37. The van der Waals surface area contributed by atoms with Crippen LogP contribution in [0.1, 0.15) is 0 Å². The van der Waals surface area contributed by atoms with E-state index in [4.69, 9.17) is 19.9 Å². The van der Waals surface area contributed by atoms with E-state index in [-0.39, 0.29) is 0 Å². The summed E-state index contributed by atoms with van der Waals surface area (Å²) in [6.07, 6.45) is 3.69. The highest BCUT2D eigenvalue weighted by atomic mass is 14.8. The molecule has 0 amide bonds. The molecule has 16 rings (SSSR count). The van der Waals surface area contributed by atoms with E-state index < -0.39 is 0 Å². The predicted octanol–water partition coefficient (Wildman–Crippen LogP) is 19.5. The summed E-state index contributed by atoms with van der Waals surface area (Å²) < 4.78 is 0. The highest BCUT2D eigenvalue weighted by Crippen LogP contribution is 2.58. The molecule has 0 radical (unpaired) electrons. The highest BCUT2D eigenvalue weighted by molar-refractivity contribution is 6.29. The minimum atomic E-state index is 0.911. The highest BCUT2D eigenvalue weighted by Gasteiger charge is 2.31. The summed E-state index contributed by atoms with van der Waals surface area (Å²) in [5, 5.41) is 9.34. The Bertz CT molecular complexity index is 4660. The fraction of sp³-hybridized carbons (Fsp3) is 0. The predicted molar refractivity (Wildman–Crippen MR) is 325 cm³/mol. The first kappa shape index (κ1) is 43.9. The van der Waals surface area contributed by atoms with Gasteiger partial charge in [-0.2, -0.15) is 0 Å². The van der Waals surface area contributed by atoms with Crippen molar-refractivity contribution in [3.8, 4) is 100 Å². The molecule has 4 aromatic heterocycles. The van der Waals surface area contributed by atoms with Crippen LogP contribution in [0.3, 0.4) is 0 Å². The average molecular weight is 989 g/mol. The van der Waals surface area contributed by atoms with Crippen LogP contribution in [0.2, 0.25) is 0 Å². The number of pyridine rings is 4. The van der Waals surface area contributed by atoms with Crippen molar-refractivity contribution in [3.05, 3.63) is 267 Å². The lowest BCUT2D eigenvalue weighted by atomic mass is 9.82. The molecule has 4 heterocycles. The van der Waals surface area contributed by atoms with Crippen LogP contribution in [0.4, 0.5) is 0 Å². The Hall–Kier alpha value is -10.4. The van der Waals surface area contributed by atoms with E-state index in [0.29, 0.717) is 0 Å². The molecule has 0 spiro atoms. The monoisotopic (exact) mass is 988 g/mol. The Morgan fingerprint density at radius 1 is 0.218 bits per heavy atom. The van der Waals surface area contributed by atoms with Gasteiger partial charge in [0.2, 0.25) is 0 Å². The molecule has 0 fully saturated rings. The Kier molecular flexibility index (Phi) is 9.91. The van der Waals surface area contributed by atoms with Gasteiger partial charge in [-0.25, -0.2) is 9.97 Å². The van der Waals surface area contributed by atoms with Gasteiger partial charge in [-0.15, -0.1) is 0 Å². The molecular formula is C74H44N4. The lowest BCUT2D eigenvalue weighted by Crippen LogP contribution is -1.93. The summed E-state index contributed by atoms with van der Waals surface area (Å²) in [6.45, 7) is 0. The van der Waals surface area contributed by atoms with Crippen LogP contribution in [0, 0.1) is 0 Å². The molecule has 4 heteroatoms. The first-order valence-corrected chi connectivity index (χ1v) is 26.6. The third kappa shape index (κ3) is 7.01. The Balaban J connectivity index is 0.869. The van der Waals surface area contributed by atoms with Gasteiger partial charge < -0.3 is 0 Å². The van der Waals surface area contributed by atoms with Crippen molar-refractivity contribution in [1.29, 1.82) is 0 Å². The minimum Gasteiger partial charge on any atom is -0.254 e. The molecule has 1 aliphatic rings. The molecule has 11 aromatic carbocycles. The molecule has 0 N–H and O–H groups in total. The number of hydrogen-bond donors (Lipinski definition) is 0. The van der Waals surface area contributed by atoms with E-state index in [2.05, 4.69) is 243 Å². The van der Waals surface area contributed by atoms with Crippen LogP contribution in [-0.2, 0) is 0 Å². The maximum atomic E-state index is 5.19. The first-order valence-electron chi connectivity index (χ1n) is 26.6. The molecule has 0 saturated heterocycles. The zero-order valence-electron chi connectivity index (χ0n) is 42.2. The largest absolute Gasteiger partial charge is 0.254 e. The molecule has 15 aromatic rings. The van der Waals surface area contributed by atoms with Crippen LogP contribution >= 0.6 is 0 Å². The molecule has 0 atom stereocenters. The molecule has 0 unspecified atom stereocenters. The van der Waals surface area contributed by atoms with E-state index in [1.54, 1.807) is 0 Å². The number of hydrogen-bond acceptors (Lipinski definition) is 4. The standard InChI is InChI=1S/C74H44N4/c1-3-12-49(13-4-1)66-60-18-7-8-19-61(60)67(50-14-5-2-6-15-50)70-63-37-36-58(59-20-9-21-62(68(59)63)69(66)70)57-43-55(45-22-26-47(27-23-45)64-38-34-53-32-30-51-16-10-40-75-71(51)73(53)77-64)42-56(44-57)46-24-28-48(29-25-46)65-39-35-54-33-31-52-17-11-41-76-72(52)74(54)78-65/h1-44H. The van der Waals surface area contributed by atoms with Crippen LogP contribution in [-0.4, -0.2) is 19.9 Å². The van der Waals surface area contributed by atoms with Gasteiger partial charge >= 0.3 is 0 Å². The van der Waals surface area contributed by atoms with Crippen LogP contribution in [0.15, 0.2) is 267 Å². The maximum absolute atomic E-state index is 5.19. The fourth-order valence-electron chi connectivity index (χ4n) is 12.4. The van der Waals surface area contributed by atoms with E-state index in [9.17, 15) is 0 Å². The third-order valence-corrected chi connectivity index (χ3v) is 16.1. The van der Waals surface area contributed by atoms with Crippen molar-refractivity contribution in [2.45, 2.75) is 0 Å². The topological polar surface area (TPSA) is 51.6 Å². The van der Waals surface area contributed by atoms with Crippen molar-refractivity contribution in [2.75, 3.05) is 0 Å². The summed E-state index contributed by atoms with van der Waals surface area (Å²) in [6, 6.07) is 92.6. The zero-order valence-corrected chi connectivity index (χ0v) is 42.2. The Morgan fingerprint density at radius 2 is 0.628 bits per heavy atom. The maximum Gasteiger partial charge on any atom is 0.0972 e. The molecular weight excluding hydrogens is 945 g/mol. The fourth-order valence-corrected chi connectivity index (χ4v) is 12.4.